The zero-order valence-corrected chi connectivity index (χ0v) is 12.4. The summed E-state index contributed by atoms with van der Waals surface area (Å²) in [4.78, 5) is 23.8. The molecular formula is C18H16N2O3. The molecule has 0 fully saturated rings. The highest BCUT2D eigenvalue weighted by Crippen LogP contribution is 2.19. The Morgan fingerprint density at radius 3 is 2.48 bits per heavy atom. The van der Waals surface area contributed by atoms with E-state index in [0.29, 0.717) is 17.0 Å². The highest BCUT2D eigenvalue weighted by atomic mass is 16.5. The Kier molecular flexibility index (Phi) is 5.78. The first-order valence-electron chi connectivity index (χ1n) is 6.99. The average molecular weight is 308 g/mol. The molecule has 116 valence electrons. The molecule has 2 aromatic carbocycles. The van der Waals surface area contributed by atoms with E-state index in [0.717, 1.165) is 0 Å². The predicted molar refractivity (Wildman–Crippen MR) is 88.2 cm³/mol. The molecule has 0 atom stereocenters. The number of rotatable bonds is 6. The van der Waals surface area contributed by atoms with Crippen LogP contribution >= 0.6 is 0 Å². The molecule has 0 heterocycles. The van der Waals surface area contributed by atoms with Crippen LogP contribution in [0.25, 0.3) is 0 Å². The van der Waals surface area contributed by atoms with Gasteiger partial charge in [0.05, 0.1) is 12.1 Å². The fraction of sp³-hybridized carbons (Fsp3) is 0.111. The molecule has 0 aliphatic carbocycles. The van der Waals surface area contributed by atoms with Crippen molar-refractivity contribution in [1.29, 1.82) is 0 Å². The van der Waals surface area contributed by atoms with E-state index in [4.69, 9.17) is 11.2 Å². The minimum Gasteiger partial charge on any atom is -0.483 e. The maximum Gasteiger partial charge on any atom is 0.259 e. The van der Waals surface area contributed by atoms with E-state index >= 15 is 0 Å². The van der Waals surface area contributed by atoms with Gasteiger partial charge >= 0.3 is 0 Å². The number of anilines is 1. The van der Waals surface area contributed by atoms with E-state index in [1.54, 1.807) is 36.4 Å². The van der Waals surface area contributed by atoms with Crippen LogP contribution in [0.2, 0.25) is 0 Å². The summed E-state index contributed by atoms with van der Waals surface area (Å²) in [5.74, 6) is 1.98. The van der Waals surface area contributed by atoms with E-state index in [9.17, 15) is 9.59 Å². The van der Waals surface area contributed by atoms with E-state index in [-0.39, 0.29) is 25.0 Å². The third-order valence-corrected chi connectivity index (χ3v) is 2.91. The monoisotopic (exact) mass is 308 g/mol. The van der Waals surface area contributed by atoms with Gasteiger partial charge < -0.3 is 15.4 Å². The number of ether oxygens (including phenoxy) is 1. The minimum absolute atomic E-state index is 0.137. The van der Waals surface area contributed by atoms with Crippen LogP contribution in [0, 0.1) is 12.3 Å². The van der Waals surface area contributed by atoms with Crippen molar-refractivity contribution in [2.75, 3.05) is 18.5 Å². The molecule has 2 rings (SSSR count). The topological polar surface area (TPSA) is 67.4 Å². The van der Waals surface area contributed by atoms with E-state index in [2.05, 4.69) is 16.6 Å². The predicted octanol–water partition coefficient (Wildman–Crippen LogP) is 2.07. The SMILES string of the molecule is C#CCNC(=O)COc1ccccc1C(=O)Nc1ccccc1. The Hall–Kier alpha value is -3.26. The van der Waals surface area contributed by atoms with Crippen LogP contribution in [-0.4, -0.2) is 25.0 Å². The molecule has 2 N–H and O–H groups in total. The number of amides is 2. The van der Waals surface area contributed by atoms with Gasteiger partial charge in [-0.25, -0.2) is 0 Å². The van der Waals surface area contributed by atoms with Gasteiger partial charge in [-0.1, -0.05) is 36.3 Å². The van der Waals surface area contributed by atoms with Gasteiger partial charge in [0.25, 0.3) is 11.8 Å². The highest BCUT2D eigenvalue weighted by molar-refractivity contribution is 6.06. The summed E-state index contributed by atoms with van der Waals surface area (Å²) >= 11 is 0. The Balaban J connectivity index is 2.04. The fourth-order valence-electron chi connectivity index (χ4n) is 1.84. The van der Waals surface area contributed by atoms with Gasteiger partial charge in [0, 0.05) is 5.69 Å². The third-order valence-electron chi connectivity index (χ3n) is 2.91. The number of nitrogens with one attached hydrogen (secondary N) is 2. The quantitative estimate of drug-likeness (QED) is 0.803. The average Bonchev–Trinajstić information content (AvgIpc) is 2.59. The third kappa shape index (κ3) is 4.90. The highest BCUT2D eigenvalue weighted by Gasteiger charge is 2.13. The number of benzene rings is 2. The maximum absolute atomic E-state index is 12.3. The van der Waals surface area contributed by atoms with Crippen LogP contribution in [0.4, 0.5) is 5.69 Å². The molecule has 0 bridgehead atoms. The summed E-state index contributed by atoms with van der Waals surface area (Å²) in [5.41, 5.74) is 1.03. The van der Waals surface area contributed by atoms with Crippen LogP contribution in [0.5, 0.6) is 5.75 Å². The second-order valence-corrected chi connectivity index (χ2v) is 4.59. The number of terminal acetylenes is 1. The lowest BCUT2D eigenvalue weighted by atomic mass is 10.2. The lowest BCUT2D eigenvalue weighted by Gasteiger charge is -2.11. The van der Waals surface area contributed by atoms with Gasteiger partial charge in [-0.3, -0.25) is 9.59 Å². The second-order valence-electron chi connectivity index (χ2n) is 4.59. The van der Waals surface area contributed by atoms with Crippen LogP contribution < -0.4 is 15.4 Å². The lowest BCUT2D eigenvalue weighted by Crippen LogP contribution is -2.29. The summed E-state index contributed by atoms with van der Waals surface area (Å²) < 4.78 is 5.41. The van der Waals surface area contributed by atoms with Crippen molar-refractivity contribution in [3.05, 3.63) is 60.2 Å². The van der Waals surface area contributed by atoms with Crippen molar-refractivity contribution in [2.24, 2.45) is 0 Å². The van der Waals surface area contributed by atoms with E-state index in [1.807, 2.05) is 18.2 Å². The fourth-order valence-corrected chi connectivity index (χ4v) is 1.84. The molecule has 0 spiro atoms. The van der Waals surface area contributed by atoms with Crippen LogP contribution in [-0.2, 0) is 4.79 Å². The molecule has 2 aromatic rings. The molecule has 0 aliphatic heterocycles. The Morgan fingerprint density at radius 1 is 1.04 bits per heavy atom. The minimum atomic E-state index is -0.346. The maximum atomic E-state index is 12.3. The van der Waals surface area contributed by atoms with E-state index < -0.39 is 0 Å². The molecule has 0 radical (unpaired) electrons. The summed E-state index contributed by atoms with van der Waals surface area (Å²) in [6, 6.07) is 15.8. The first-order chi connectivity index (χ1) is 11.2. The van der Waals surface area contributed by atoms with Crippen molar-refractivity contribution in [1.82, 2.24) is 5.32 Å². The number of hydrogen-bond donors (Lipinski definition) is 2. The molecular weight excluding hydrogens is 292 g/mol. The van der Waals surface area contributed by atoms with Crippen LogP contribution in [0.15, 0.2) is 54.6 Å². The largest absolute Gasteiger partial charge is 0.483 e. The van der Waals surface area contributed by atoms with Gasteiger partial charge in [-0.2, -0.15) is 0 Å². The number of carbonyl (C=O) groups is 2. The molecule has 0 aromatic heterocycles. The molecule has 2 amide bonds. The van der Waals surface area contributed by atoms with Crippen molar-refractivity contribution < 1.29 is 14.3 Å². The molecule has 5 heteroatoms. The van der Waals surface area contributed by atoms with Crippen LogP contribution in [0.3, 0.4) is 0 Å². The van der Waals surface area contributed by atoms with Crippen molar-refractivity contribution in [2.45, 2.75) is 0 Å². The first-order valence-corrected chi connectivity index (χ1v) is 6.99. The van der Waals surface area contributed by atoms with Crippen LogP contribution in [0.1, 0.15) is 10.4 Å². The van der Waals surface area contributed by atoms with Gasteiger partial charge in [0.2, 0.25) is 0 Å². The number of carbonyl (C=O) groups excluding carboxylic acids is 2. The summed E-state index contributed by atoms with van der Waals surface area (Å²) in [6.45, 7) is -0.0738. The Bertz CT molecular complexity index is 721. The number of hydrogen-bond acceptors (Lipinski definition) is 3. The van der Waals surface area contributed by atoms with E-state index in [1.165, 1.54) is 0 Å². The summed E-state index contributed by atoms with van der Waals surface area (Å²) in [6.07, 6.45) is 5.06. The Morgan fingerprint density at radius 2 is 1.74 bits per heavy atom. The Labute approximate surface area is 134 Å². The van der Waals surface area contributed by atoms with Gasteiger partial charge in [-0.15, -0.1) is 6.42 Å². The van der Waals surface area contributed by atoms with Crippen molar-refractivity contribution in [3.63, 3.8) is 0 Å². The zero-order chi connectivity index (χ0) is 16.5. The molecule has 0 aliphatic rings. The molecule has 0 saturated carbocycles. The zero-order valence-electron chi connectivity index (χ0n) is 12.4. The second kappa shape index (κ2) is 8.25. The van der Waals surface area contributed by atoms with Gasteiger partial charge in [0.15, 0.2) is 6.61 Å². The smallest absolute Gasteiger partial charge is 0.259 e. The molecule has 5 nitrogen and oxygen atoms in total. The summed E-state index contributed by atoms with van der Waals surface area (Å²) in [5, 5.41) is 5.27. The first kappa shape index (κ1) is 16.1. The standard InChI is InChI=1S/C18H16N2O3/c1-2-12-19-17(21)13-23-16-11-7-6-10-15(16)18(22)20-14-8-4-3-5-9-14/h1,3-11H,12-13H2,(H,19,21)(H,20,22). The lowest BCUT2D eigenvalue weighted by molar-refractivity contribution is -0.122. The van der Waals surface area contributed by atoms with Crippen molar-refractivity contribution in [3.8, 4) is 18.1 Å². The van der Waals surface area contributed by atoms with Crippen molar-refractivity contribution >= 4 is 17.5 Å². The molecule has 0 unspecified atom stereocenters. The normalized spacial score (nSPS) is 9.52. The molecule has 0 saturated heterocycles. The summed E-state index contributed by atoms with van der Waals surface area (Å²) in [7, 11) is 0. The number of para-hydroxylation sites is 2. The molecule has 23 heavy (non-hydrogen) atoms. The van der Waals surface area contributed by atoms with Gasteiger partial charge in [-0.05, 0) is 24.3 Å². The van der Waals surface area contributed by atoms with Gasteiger partial charge in [0.1, 0.15) is 5.75 Å².